The van der Waals surface area contributed by atoms with E-state index in [1.54, 1.807) is 5.19 Å². The van der Waals surface area contributed by atoms with Crippen LogP contribution < -0.4 is 5.19 Å². The SMILES string of the molecule is CCC(CC)[SiH2]c1ccccc1. The van der Waals surface area contributed by atoms with Crippen LogP contribution in [0.1, 0.15) is 26.7 Å². The van der Waals surface area contributed by atoms with Crippen LogP contribution in [0.3, 0.4) is 0 Å². The van der Waals surface area contributed by atoms with Crippen molar-refractivity contribution >= 4 is 14.7 Å². The fourth-order valence-electron chi connectivity index (χ4n) is 1.52. The van der Waals surface area contributed by atoms with Gasteiger partial charge in [-0.2, -0.15) is 0 Å². The van der Waals surface area contributed by atoms with Crippen molar-refractivity contribution in [3.63, 3.8) is 0 Å². The van der Waals surface area contributed by atoms with Crippen LogP contribution in [0.4, 0.5) is 0 Å². The van der Waals surface area contributed by atoms with Gasteiger partial charge in [0.2, 0.25) is 0 Å². The van der Waals surface area contributed by atoms with Gasteiger partial charge in [0, 0.05) is 0 Å². The maximum atomic E-state index is 2.31. The number of benzene rings is 1. The van der Waals surface area contributed by atoms with Gasteiger partial charge in [-0.05, 0) is 5.54 Å². The van der Waals surface area contributed by atoms with Crippen molar-refractivity contribution in [1.82, 2.24) is 0 Å². The highest BCUT2D eigenvalue weighted by Gasteiger charge is 2.04. The van der Waals surface area contributed by atoms with E-state index in [1.807, 2.05) is 0 Å². The lowest BCUT2D eigenvalue weighted by Gasteiger charge is -2.10. The van der Waals surface area contributed by atoms with E-state index in [2.05, 4.69) is 44.2 Å². The zero-order chi connectivity index (χ0) is 8.81. The Labute approximate surface area is 77.8 Å². The number of rotatable bonds is 4. The summed E-state index contributed by atoms with van der Waals surface area (Å²) in [7, 11) is 0.00253. The van der Waals surface area contributed by atoms with Gasteiger partial charge in [-0.15, -0.1) is 0 Å². The summed E-state index contributed by atoms with van der Waals surface area (Å²) in [5.41, 5.74) is 1.01. The second kappa shape index (κ2) is 5.15. The second-order valence-corrected chi connectivity index (χ2v) is 5.75. The Bertz CT molecular complexity index is 202. The van der Waals surface area contributed by atoms with Crippen molar-refractivity contribution in [3.8, 4) is 0 Å². The van der Waals surface area contributed by atoms with Crippen LogP contribution in [0.5, 0.6) is 0 Å². The van der Waals surface area contributed by atoms with Gasteiger partial charge in [-0.25, -0.2) is 0 Å². The Morgan fingerprint density at radius 1 is 1.08 bits per heavy atom. The molecule has 0 saturated carbocycles. The zero-order valence-corrected chi connectivity index (χ0v) is 9.50. The minimum atomic E-state index is 0.00253. The van der Waals surface area contributed by atoms with Crippen LogP contribution in [0.2, 0.25) is 5.54 Å². The normalized spacial score (nSPS) is 11.6. The molecule has 0 aliphatic rings. The van der Waals surface area contributed by atoms with Gasteiger partial charge in [-0.1, -0.05) is 62.2 Å². The average Bonchev–Trinajstić information content (AvgIpc) is 2.16. The van der Waals surface area contributed by atoms with E-state index in [1.165, 1.54) is 12.8 Å². The van der Waals surface area contributed by atoms with E-state index in [0.29, 0.717) is 0 Å². The molecule has 0 spiro atoms. The van der Waals surface area contributed by atoms with Crippen LogP contribution in [-0.2, 0) is 0 Å². The summed E-state index contributed by atoms with van der Waals surface area (Å²) in [6.45, 7) is 4.62. The molecule has 1 aromatic rings. The van der Waals surface area contributed by atoms with Crippen LogP contribution in [0.25, 0.3) is 0 Å². The highest BCUT2D eigenvalue weighted by atomic mass is 28.2. The fourth-order valence-corrected chi connectivity index (χ4v) is 3.31. The quantitative estimate of drug-likeness (QED) is 0.619. The van der Waals surface area contributed by atoms with Crippen LogP contribution in [0.15, 0.2) is 30.3 Å². The molecule has 66 valence electrons. The predicted octanol–water partition coefficient (Wildman–Crippen LogP) is 2.09. The third-order valence-corrected chi connectivity index (χ3v) is 5.20. The first-order valence-corrected chi connectivity index (χ1v) is 6.43. The first kappa shape index (κ1) is 9.52. The molecule has 0 N–H and O–H groups in total. The summed E-state index contributed by atoms with van der Waals surface area (Å²) < 4.78 is 0. The minimum Gasteiger partial charge on any atom is -0.0667 e. The third kappa shape index (κ3) is 2.82. The van der Waals surface area contributed by atoms with Crippen molar-refractivity contribution in [2.75, 3.05) is 0 Å². The molecule has 0 aliphatic heterocycles. The molecule has 1 heteroatoms. The maximum absolute atomic E-state index is 2.31. The summed E-state index contributed by atoms with van der Waals surface area (Å²) in [5.74, 6) is 0. The highest BCUT2D eigenvalue weighted by molar-refractivity contribution is 6.54. The van der Waals surface area contributed by atoms with Gasteiger partial charge < -0.3 is 0 Å². The Hall–Kier alpha value is -0.563. The Kier molecular flexibility index (Phi) is 4.09. The molecule has 0 nitrogen and oxygen atoms in total. The highest BCUT2D eigenvalue weighted by Crippen LogP contribution is 2.12. The largest absolute Gasteiger partial charge is 0.0667 e. The van der Waals surface area contributed by atoms with Gasteiger partial charge in [0.15, 0.2) is 0 Å². The molecule has 0 amide bonds. The topological polar surface area (TPSA) is 0 Å². The molecule has 0 radical (unpaired) electrons. The molecule has 0 unspecified atom stereocenters. The molecule has 0 atom stereocenters. The summed E-state index contributed by atoms with van der Waals surface area (Å²) in [6, 6.07) is 11.0. The van der Waals surface area contributed by atoms with Crippen molar-refractivity contribution in [2.24, 2.45) is 0 Å². The van der Waals surface area contributed by atoms with Crippen LogP contribution in [0, 0.1) is 0 Å². The van der Waals surface area contributed by atoms with Crippen molar-refractivity contribution in [2.45, 2.75) is 32.2 Å². The van der Waals surface area contributed by atoms with Gasteiger partial charge in [0.1, 0.15) is 0 Å². The number of hydrogen-bond donors (Lipinski definition) is 0. The molecule has 0 fully saturated rings. The fraction of sp³-hybridized carbons (Fsp3) is 0.455. The van der Waals surface area contributed by atoms with Crippen molar-refractivity contribution < 1.29 is 0 Å². The van der Waals surface area contributed by atoms with E-state index in [9.17, 15) is 0 Å². The van der Waals surface area contributed by atoms with Crippen molar-refractivity contribution in [3.05, 3.63) is 30.3 Å². The molecule has 0 saturated heterocycles. The lowest BCUT2D eigenvalue weighted by atomic mass is 10.3. The summed E-state index contributed by atoms with van der Waals surface area (Å²) in [4.78, 5) is 0. The Balaban J connectivity index is 2.51. The van der Waals surface area contributed by atoms with E-state index < -0.39 is 0 Å². The van der Waals surface area contributed by atoms with E-state index in [0.717, 1.165) is 5.54 Å². The van der Waals surface area contributed by atoms with Crippen LogP contribution >= 0.6 is 0 Å². The lowest BCUT2D eigenvalue weighted by molar-refractivity contribution is 0.763. The molecule has 0 aromatic heterocycles. The van der Waals surface area contributed by atoms with Gasteiger partial charge in [0.25, 0.3) is 0 Å². The number of hydrogen-bond acceptors (Lipinski definition) is 0. The standard InChI is InChI=1S/C11H18Si/c1-3-10(4-2)12-11-8-6-5-7-9-11/h5-10H,3-4,12H2,1-2H3. The molecular formula is C11H18Si. The first-order valence-electron chi connectivity index (χ1n) is 4.90. The monoisotopic (exact) mass is 178 g/mol. The molecular weight excluding hydrogens is 160 g/mol. The van der Waals surface area contributed by atoms with E-state index >= 15 is 0 Å². The van der Waals surface area contributed by atoms with Gasteiger partial charge in [0.05, 0.1) is 9.52 Å². The molecule has 1 rings (SSSR count). The molecule has 0 bridgehead atoms. The third-order valence-electron chi connectivity index (χ3n) is 2.52. The molecule has 1 aromatic carbocycles. The average molecular weight is 178 g/mol. The van der Waals surface area contributed by atoms with E-state index in [4.69, 9.17) is 0 Å². The molecule has 0 heterocycles. The van der Waals surface area contributed by atoms with E-state index in [-0.39, 0.29) is 9.52 Å². The van der Waals surface area contributed by atoms with Crippen LogP contribution in [-0.4, -0.2) is 9.52 Å². The van der Waals surface area contributed by atoms with Gasteiger partial charge in [-0.3, -0.25) is 0 Å². The Morgan fingerprint density at radius 2 is 1.67 bits per heavy atom. The van der Waals surface area contributed by atoms with Crippen molar-refractivity contribution in [1.29, 1.82) is 0 Å². The Morgan fingerprint density at radius 3 is 2.17 bits per heavy atom. The summed E-state index contributed by atoms with van der Waals surface area (Å²) in [6.07, 6.45) is 2.72. The molecule has 0 aliphatic carbocycles. The maximum Gasteiger partial charge on any atom is 0.0578 e. The zero-order valence-electron chi connectivity index (χ0n) is 8.09. The first-order chi connectivity index (χ1) is 5.86. The van der Waals surface area contributed by atoms with Gasteiger partial charge >= 0.3 is 0 Å². The molecule has 12 heavy (non-hydrogen) atoms. The predicted molar refractivity (Wildman–Crippen MR) is 59.0 cm³/mol. The minimum absolute atomic E-state index is 0.00253. The lowest BCUT2D eigenvalue weighted by Crippen LogP contribution is -2.18. The summed E-state index contributed by atoms with van der Waals surface area (Å²) >= 11 is 0. The second-order valence-electron chi connectivity index (χ2n) is 3.37. The smallest absolute Gasteiger partial charge is 0.0578 e. The summed E-state index contributed by atoms with van der Waals surface area (Å²) in [5, 5.41) is 1.62.